The summed E-state index contributed by atoms with van der Waals surface area (Å²) in [6, 6.07) is -0.435. The van der Waals surface area contributed by atoms with Gasteiger partial charge in [0, 0.05) is 6.42 Å². The Morgan fingerprint density at radius 2 is 0.895 bits per heavy atom. The zero-order chi connectivity index (χ0) is 28.1. The molecule has 0 saturated heterocycles. The molecule has 0 fully saturated rings. The summed E-state index contributed by atoms with van der Waals surface area (Å²) in [7, 11) is 1.68. The lowest BCUT2D eigenvalue weighted by atomic mass is 9.89. The van der Waals surface area contributed by atoms with Crippen LogP contribution in [-0.2, 0) is 14.3 Å². The topological polar surface area (TPSA) is 55.4 Å². The highest BCUT2D eigenvalue weighted by molar-refractivity contribution is 5.88. The Hall–Kier alpha value is -0.900. The summed E-state index contributed by atoms with van der Waals surface area (Å²) in [6.07, 6.45) is 34.4. The van der Waals surface area contributed by atoms with Crippen molar-refractivity contribution in [3.05, 3.63) is 0 Å². The normalized spacial score (nSPS) is 12.9. The standard InChI is InChI=1S/C34H67NO3/c1-5-7-9-11-12-17-20-24-28-32(27-23-10-8-6-2)29-25-21-18-15-13-14-16-19-22-26-30-33(36)38-34(37)31(3)35-4/h31-32,35H,5-30H2,1-4H3. The minimum absolute atomic E-state index is 0.348. The first-order valence-corrected chi connectivity index (χ1v) is 17.0. The molecule has 0 bridgehead atoms. The maximum Gasteiger partial charge on any atom is 0.330 e. The number of carbonyl (C=O) groups excluding carboxylic acids is 2. The van der Waals surface area contributed by atoms with Gasteiger partial charge in [-0.25, -0.2) is 4.79 Å². The Morgan fingerprint density at radius 3 is 1.29 bits per heavy atom. The Bertz CT molecular complexity index is 522. The lowest BCUT2D eigenvalue weighted by Crippen LogP contribution is -2.33. The molecule has 0 spiro atoms. The zero-order valence-electron chi connectivity index (χ0n) is 26.3. The van der Waals surface area contributed by atoms with E-state index in [-0.39, 0.29) is 0 Å². The van der Waals surface area contributed by atoms with Crippen LogP contribution in [0.1, 0.15) is 188 Å². The van der Waals surface area contributed by atoms with Gasteiger partial charge in [-0.2, -0.15) is 0 Å². The second-order valence-electron chi connectivity index (χ2n) is 11.9. The second kappa shape index (κ2) is 29.1. The minimum Gasteiger partial charge on any atom is -0.392 e. The number of hydrogen-bond donors (Lipinski definition) is 1. The third kappa shape index (κ3) is 25.4. The number of carbonyl (C=O) groups is 2. The summed E-state index contributed by atoms with van der Waals surface area (Å²) in [4.78, 5) is 23.3. The van der Waals surface area contributed by atoms with Crippen molar-refractivity contribution in [2.24, 2.45) is 5.92 Å². The van der Waals surface area contributed by atoms with Gasteiger partial charge < -0.3 is 10.1 Å². The number of esters is 2. The van der Waals surface area contributed by atoms with E-state index in [0.717, 1.165) is 18.8 Å². The van der Waals surface area contributed by atoms with Crippen molar-refractivity contribution in [2.45, 2.75) is 194 Å². The van der Waals surface area contributed by atoms with Gasteiger partial charge in [-0.05, 0) is 26.3 Å². The molecule has 0 rings (SSSR count). The number of hydrogen-bond acceptors (Lipinski definition) is 4. The van der Waals surface area contributed by atoms with Gasteiger partial charge in [0.15, 0.2) is 0 Å². The van der Waals surface area contributed by atoms with E-state index < -0.39 is 18.0 Å². The Morgan fingerprint density at radius 1 is 0.553 bits per heavy atom. The summed E-state index contributed by atoms with van der Waals surface area (Å²) in [5.41, 5.74) is 0. The van der Waals surface area contributed by atoms with Crippen LogP contribution in [0.5, 0.6) is 0 Å². The molecule has 0 radical (unpaired) electrons. The van der Waals surface area contributed by atoms with Crippen LogP contribution in [0.4, 0.5) is 0 Å². The van der Waals surface area contributed by atoms with Crippen LogP contribution >= 0.6 is 0 Å². The van der Waals surface area contributed by atoms with Crippen molar-refractivity contribution in [2.75, 3.05) is 7.05 Å². The van der Waals surface area contributed by atoms with E-state index in [0.29, 0.717) is 6.42 Å². The van der Waals surface area contributed by atoms with Gasteiger partial charge in [0.05, 0.1) is 0 Å². The first kappa shape index (κ1) is 37.1. The third-order valence-electron chi connectivity index (χ3n) is 8.18. The average molecular weight is 538 g/mol. The highest BCUT2D eigenvalue weighted by Gasteiger charge is 2.16. The van der Waals surface area contributed by atoms with Crippen LogP contribution in [0.25, 0.3) is 0 Å². The summed E-state index contributed by atoms with van der Waals surface area (Å²) < 4.78 is 4.84. The van der Waals surface area contributed by atoms with Crippen molar-refractivity contribution >= 4 is 11.9 Å². The smallest absolute Gasteiger partial charge is 0.330 e. The first-order valence-electron chi connectivity index (χ1n) is 17.0. The van der Waals surface area contributed by atoms with Gasteiger partial charge in [-0.3, -0.25) is 4.79 Å². The number of likely N-dealkylation sites (N-methyl/N-ethyl adjacent to an activating group) is 1. The Balaban J connectivity index is 3.71. The maximum absolute atomic E-state index is 11.7. The van der Waals surface area contributed by atoms with Gasteiger partial charge in [0.25, 0.3) is 0 Å². The van der Waals surface area contributed by atoms with Gasteiger partial charge in [0.1, 0.15) is 6.04 Å². The molecule has 2 atom stereocenters. The summed E-state index contributed by atoms with van der Waals surface area (Å²) in [5, 5.41) is 2.79. The van der Waals surface area contributed by atoms with E-state index in [4.69, 9.17) is 4.74 Å². The summed E-state index contributed by atoms with van der Waals surface area (Å²) in [6.45, 7) is 6.31. The number of ether oxygens (including phenoxy) is 1. The van der Waals surface area contributed by atoms with Gasteiger partial charge in [-0.15, -0.1) is 0 Å². The fourth-order valence-corrected chi connectivity index (χ4v) is 5.35. The van der Waals surface area contributed by atoms with Crippen molar-refractivity contribution in [1.82, 2.24) is 5.32 Å². The molecule has 1 N–H and O–H groups in total. The second-order valence-corrected chi connectivity index (χ2v) is 11.9. The average Bonchev–Trinajstić information content (AvgIpc) is 2.91. The van der Waals surface area contributed by atoms with Crippen molar-refractivity contribution in [3.63, 3.8) is 0 Å². The Labute approximate surface area is 238 Å². The molecule has 4 nitrogen and oxygen atoms in total. The molecule has 0 aliphatic heterocycles. The number of rotatable bonds is 29. The minimum atomic E-state index is -0.483. The molecule has 0 amide bonds. The van der Waals surface area contributed by atoms with Gasteiger partial charge >= 0.3 is 11.9 Å². The summed E-state index contributed by atoms with van der Waals surface area (Å²) >= 11 is 0. The Kier molecular flexibility index (Phi) is 28.4. The molecule has 0 heterocycles. The van der Waals surface area contributed by atoms with Gasteiger partial charge in [-0.1, -0.05) is 168 Å². The monoisotopic (exact) mass is 538 g/mol. The molecule has 226 valence electrons. The summed E-state index contributed by atoms with van der Waals surface area (Å²) in [5.74, 6) is 0.107. The van der Waals surface area contributed by atoms with E-state index in [9.17, 15) is 9.59 Å². The maximum atomic E-state index is 11.7. The molecule has 0 saturated carbocycles. The highest BCUT2D eigenvalue weighted by atomic mass is 16.6. The largest absolute Gasteiger partial charge is 0.392 e. The number of nitrogens with one attached hydrogen (secondary N) is 1. The lowest BCUT2D eigenvalue weighted by molar-refractivity contribution is -0.160. The molecule has 0 aromatic carbocycles. The third-order valence-corrected chi connectivity index (χ3v) is 8.18. The van der Waals surface area contributed by atoms with E-state index in [1.807, 2.05) is 0 Å². The first-order chi connectivity index (χ1) is 18.5. The molecular weight excluding hydrogens is 470 g/mol. The predicted octanol–water partition coefficient (Wildman–Crippen LogP) is 10.5. The molecule has 0 aromatic rings. The molecular formula is C34H67NO3. The van der Waals surface area contributed by atoms with Crippen LogP contribution in [0, 0.1) is 5.92 Å². The predicted molar refractivity (Wildman–Crippen MR) is 165 cm³/mol. The SMILES string of the molecule is CCCCCCCCCCC(CCCCCC)CCCCCCCCCCCCC(=O)OC(=O)C(C)NC. The van der Waals surface area contributed by atoms with Crippen LogP contribution < -0.4 is 5.32 Å². The molecule has 0 aliphatic rings. The van der Waals surface area contributed by atoms with Crippen LogP contribution in [0.3, 0.4) is 0 Å². The van der Waals surface area contributed by atoms with E-state index in [1.165, 1.54) is 148 Å². The number of unbranched alkanes of at least 4 members (excludes halogenated alkanes) is 19. The molecule has 0 aromatic heterocycles. The molecule has 0 aliphatic carbocycles. The fourth-order valence-electron chi connectivity index (χ4n) is 5.35. The zero-order valence-corrected chi connectivity index (χ0v) is 26.3. The van der Waals surface area contributed by atoms with Crippen LogP contribution in [0.2, 0.25) is 0 Å². The van der Waals surface area contributed by atoms with Crippen LogP contribution in [0.15, 0.2) is 0 Å². The highest BCUT2D eigenvalue weighted by Crippen LogP contribution is 2.24. The molecule has 38 heavy (non-hydrogen) atoms. The molecule has 2 unspecified atom stereocenters. The van der Waals surface area contributed by atoms with E-state index in [1.54, 1.807) is 14.0 Å². The van der Waals surface area contributed by atoms with E-state index >= 15 is 0 Å². The molecule has 4 heteroatoms. The van der Waals surface area contributed by atoms with E-state index in [2.05, 4.69) is 19.2 Å². The fraction of sp³-hybridized carbons (Fsp3) is 0.941. The quantitative estimate of drug-likeness (QED) is 0.0585. The van der Waals surface area contributed by atoms with Crippen molar-refractivity contribution in [1.29, 1.82) is 0 Å². The van der Waals surface area contributed by atoms with Crippen LogP contribution in [-0.4, -0.2) is 25.0 Å². The van der Waals surface area contributed by atoms with Crippen molar-refractivity contribution < 1.29 is 14.3 Å². The van der Waals surface area contributed by atoms with Crippen molar-refractivity contribution in [3.8, 4) is 0 Å². The van der Waals surface area contributed by atoms with Gasteiger partial charge in [0.2, 0.25) is 0 Å². The lowest BCUT2D eigenvalue weighted by Gasteiger charge is -2.17.